The van der Waals surface area contributed by atoms with Gasteiger partial charge in [0.15, 0.2) is 0 Å². The number of ether oxygens (including phenoxy) is 2. The van der Waals surface area contributed by atoms with Gasteiger partial charge in [-0.15, -0.1) is 0 Å². The van der Waals surface area contributed by atoms with Crippen molar-refractivity contribution in [2.75, 3.05) is 26.2 Å². The van der Waals surface area contributed by atoms with E-state index in [2.05, 4.69) is 4.72 Å². The van der Waals surface area contributed by atoms with Crippen molar-refractivity contribution in [3.63, 3.8) is 0 Å². The Balaban J connectivity index is 2.34. The first kappa shape index (κ1) is 16.8. The van der Waals surface area contributed by atoms with Crippen molar-refractivity contribution >= 4 is 10.2 Å². The molecule has 19 heavy (non-hydrogen) atoms. The van der Waals surface area contributed by atoms with E-state index in [0.717, 1.165) is 0 Å². The van der Waals surface area contributed by atoms with Crippen molar-refractivity contribution in [3.05, 3.63) is 0 Å². The molecule has 1 N–H and O–H groups in total. The minimum atomic E-state index is -3.40. The summed E-state index contributed by atoms with van der Waals surface area (Å²) in [4.78, 5) is 0. The van der Waals surface area contributed by atoms with Crippen molar-refractivity contribution in [3.8, 4) is 0 Å². The lowest BCUT2D eigenvalue weighted by Gasteiger charge is -2.34. The molecule has 2 atom stereocenters. The molecule has 0 aromatic rings. The summed E-state index contributed by atoms with van der Waals surface area (Å²) in [5.74, 6) is 0. The van der Waals surface area contributed by atoms with Crippen molar-refractivity contribution < 1.29 is 17.9 Å². The third kappa shape index (κ3) is 6.18. The van der Waals surface area contributed by atoms with E-state index >= 15 is 0 Å². The molecule has 2 unspecified atom stereocenters. The van der Waals surface area contributed by atoms with Gasteiger partial charge in [0.05, 0.1) is 18.3 Å². The van der Waals surface area contributed by atoms with Crippen LogP contribution in [0.1, 0.15) is 34.1 Å². The van der Waals surface area contributed by atoms with Gasteiger partial charge in [-0.1, -0.05) is 0 Å². The quantitative estimate of drug-likeness (QED) is 0.703. The first-order valence-electron chi connectivity index (χ1n) is 6.83. The largest absolute Gasteiger partial charge is 0.379 e. The molecule has 0 aromatic heterocycles. The summed E-state index contributed by atoms with van der Waals surface area (Å²) in [5.41, 5.74) is 0. The Labute approximate surface area is 116 Å². The molecule has 7 heteroatoms. The van der Waals surface area contributed by atoms with Crippen LogP contribution in [-0.2, 0) is 19.7 Å². The molecule has 0 aromatic carbocycles. The van der Waals surface area contributed by atoms with Crippen LogP contribution in [0.2, 0.25) is 0 Å². The molecule has 0 radical (unpaired) electrons. The Morgan fingerprint density at radius 3 is 2.42 bits per heavy atom. The van der Waals surface area contributed by atoms with Gasteiger partial charge in [0.1, 0.15) is 0 Å². The summed E-state index contributed by atoms with van der Waals surface area (Å²) in [7, 11) is -3.40. The summed E-state index contributed by atoms with van der Waals surface area (Å²) in [6, 6.07) is 0. The Bertz CT molecular complexity index is 349. The van der Waals surface area contributed by atoms with E-state index in [4.69, 9.17) is 9.47 Å². The van der Waals surface area contributed by atoms with Crippen LogP contribution in [0.25, 0.3) is 0 Å². The topological polar surface area (TPSA) is 67.9 Å². The van der Waals surface area contributed by atoms with Crippen LogP contribution >= 0.6 is 0 Å². The molecule has 0 aliphatic carbocycles. The first-order chi connectivity index (χ1) is 8.81. The van der Waals surface area contributed by atoms with Crippen LogP contribution in [0, 0.1) is 0 Å². The lowest BCUT2D eigenvalue weighted by Crippen LogP contribution is -2.52. The minimum Gasteiger partial charge on any atom is -0.379 e. The molecule has 1 rings (SSSR count). The van der Waals surface area contributed by atoms with Gasteiger partial charge in [-0.05, 0) is 34.1 Å². The maximum absolute atomic E-state index is 12.1. The van der Waals surface area contributed by atoms with Crippen molar-refractivity contribution in [2.24, 2.45) is 0 Å². The zero-order chi connectivity index (χ0) is 14.5. The second-order valence-corrected chi connectivity index (χ2v) is 7.00. The van der Waals surface area contributed by atoms with Crippen LogP contribution in [0.15, 0.2) is 0 Å². The van der Waals surface area contributed by atoms with Crippen LogP contribution in [0.4, 0.5) is 0 Å². The van der Waals surface area contributed by atoms with Gasteiger partial charge in [0.25, 0.3) is 10.2 Å². The summed E-state index contributed by atoms with van der Waals surface area (Å²) in [6.45, 7) is 9.46. The fourth-order valence-electron chi connectivity index (χ4n) is 2.01. The SMILES string of the molecule is CC(C)OCCCNS(=O)(=O)N1CC(C)OC(C)C1. The molecule has 0 amide bonds. The third-order valence-electron chi connectivity index (χ3n) is 2.78. The number of morpholine rings is 1. The molecule has 1 aliphatic rings. The monoisotopic (exact) mass is 294 g/mol. The van der Waals surface area contributed by atoms with Gasteiger partial charge >= 0.3 is 0 Å². The molecule has 1 heterocycles. The van der Waals surface area contributed by atoms with Crippen molar-refractivity contribution in [2.45, 2.75) is 52.4 Å². The van der Waals surface area contributed by atoms with E-state index < -0.39 is 10.2 Å². The predicted molar refractivity (Wildman–Crippen MR) is 74.2 cm³/mol. The van der Waals surface area contributed by atoms with E-state index in [-0.39, 0.29) is 18.3 Å². The first-order valence-corrected chi connectivity index (χ1v) is 8.27. The Hall–Kier alpha value is -0.210. The van der Waals surface area contributed by atoms with E-state index in [9.17, 15) is 8.42 Å². The van der Waals surface area contributed by atoms with Gasteiger partial charge in [-0.3, -0.25) is 0 Å². The second kappa shape index (κ2) is 7.54. The smallest absolute Gasteiger partial charge is 0.279 e. The molecule has 114 valence electrons. The van der Waals surface area contributed by atoms with Crippen LogP contribution < -0.4 is 4.72 Å². The van der Waals surface area contributed by atoms with E-state index in [1.54, 1.807) is 0 Å². The fourth-order valence-corrected chi connectivity index (χ4v) is 3.41. The highest BCUT2D eigenvalue weighted by Gasteiger charge is 2.30. The number of hydrogen-bond donors (Lipinski definition) is 1. The Morgan fingerprint density at radius 1 is 1.32 bits per heavy atom. The molecule has 1 fully saturated rings. The summed E-state index contributed by atoms with van der Waals surface area (Å²) < 4.78 is 39.1. The Kier molecular flexibility index (Phi) is 6.68. The highest BCUT2D eigenvalue weighted by molar-refractivity contribution is 7.87. The van der Waals surface area contributed by atoms with Crippen molar-refractivity contribution in [1.82, 2.24) is 9.03 Å². The highest BCUT2D eigenvalue weighted by atomic mass is 32.2. The minimum absolute atomic E-state index is 0.0652. The van der Waals surface area contributed by atoms with Gasteiger partial charge in [-0.25, -0.2) is 4.72 Å². The van der Waals surface area contributed by atoms with Gasteiger partial charge in [0, 0.05) is 26.2 Å². The standard InChI is InChI=1S/C12H26N2O4S/c1-10(2)17-7-5-6-13-19(15,16)14-8-11(3)18-12(4)9-14/h10-13H,5-9H2,1-4H3. The summed E-state index contributed by atoms with van der Waals surface area (Å²) in [6.07, 6.45) is 0.721. The number of rotatable bonds is 7. The molecule has 0 saturated carbocycles. The number of hydrogen-bond acceptors (Lipinski definition) is 4. The lowest BCUT2D eigenvalue weighted by molar-refractivity contribution is -0.0444. The van der Waals surface area contributed by atoms with Crippen molar-refractivity contribution in [1.29, 1.82) is 0 Å². The molecule has 0 spiro atoms. The maximum Gasteiger partial charge on any atom is 0.279 e. The molecule has 6 nitrogen and oxygen atoms in total. The van der Waals surface area contributed by atoms with Crippen LogP contribution in [0.3, 0.4) is 0 Å². The summed E-state index contributed by atoms with van der Waals surface area (Å²) >= 11 is 0. The third-order valence-corrected chi connectivity index (χ3v) is 4.33. The number of nitrogens with one attached hydrogen (secondary N) is 1. The zero-order valence-electron chi connectivity index (χ0n) is 12.3. The maximum atomic E-state index is 12.1. The molecular weight excluding hydrogens is 268 g/mol. The average Bonchev–Trinajstić information content (AvgIpc) is 2.26. The normalized spacial score (nSPS) is 25.9. The number of nitrogens with zero attached hydrogens (tertiary/aromatic N) is 1. The van der Waals surface area contributed by atoms with Gasteiger partial charge < -0.3 is 9.47 Å². The predicted octanol–water partition coefficient (Wildman–Crippen LogP) is 0.745. The molecule has 0 bridgehead atoms. The molecule has 1 aliphatic heterocycles. The lowest BCUT2D eigenvalue weighted by atomic mass is 10.3. The molecule has 1 saturated heterocycles. The van der Waals surface area contributed by atoms with E-state index in [0.29, 0.717) is 32.7 Å². The fraction of sp³-hybridized carbons (Fsp3) is 1.00. The molecular formula is C12H26N2O4S. The second-order valence-electron chi connectivity index (χ2n) is 5.25. The van der Waals surface area contributed by atoms with Crippen LogP contribution in [-0.4, -0.2) is 57.3 Å². The summed E-state index contributed by atoms with van der Waals surface area (Å²) in [5, 5.41) is 0. The van der Waals surface area contributed by atoms with Gasteiger partial charge in [-0.2, -0.15) is 12.7 Å². The Morgan fingerprint density at radius 2 is 1.89 bits per heavy atom. The average molecular weight is 294 g/mol. The van der Waals surface area contributed by atoms with E-state index in [1.165, 1.54) is 4.31 Å². The van der Waals surface area contributed by atoms with Gasteiger partial charge in [0.2, 0.25) is 0 Å². The van der Waals surface area contributed by atoms with Crippen LogP contribution in [0.5, 0.6) is 0 Å². The highest BCUT2D eigenvalue weighted by Crippen LogP contribution is 2.13. The van der Waals surface area contributed by atoms with E-state index in [1.807, 2.05) is 27.7 Å². The zero-order valence-corrected chi connectivity index (χ0v) is 13.1.